The van der Waals surface area contributed by atoms with Crippen LogP contribution in [0, 0.1) is 0 Å². The lowest BCUT2D eigenvalue weighted by molar-refractivity contribution is -0.115. The summed E-state index contributed by atoms with van der Waals surface area (Å²) < 4.78 is 27.3. The molecule has 2 aromatic rings. The minimum atomic E-state index is -3.61. The molecule has 2 aliphatic rings. The Morgan fingerprint density at radius 2 is 2.03 bits per heavy atom. The van der Waals surface area contributed by atoms with Gasteiger partial charge in [0.25, 0.3) is 0 Å². The number of halogens is 1. The third kappa shape index (κ3) is 4.82. The number of hydrogen-bond acceptors (Lipinski definition) is 6. The number of thioether (sulfide) groups is 1. The minimum Gasteiger partial charge on any atom is -0.324 e. The average Bonchev–Trinajstić information content (AvgIpc) is 3.49. The van der Waals surface area contributed by atoms with Gasteiger partial charge in [-0.05, 0) is 50.8 Å². The van der Waals surface area contributed by atoms with Crippen LogP contribution in [0.2, 0.25) is 5.02 Å². The summed E-state index contributed by atoms with van der Waals surface area (Å²) in [6, 6.07) is 4.41. The number of nitrogens with one attached hydrogen (secondary N) is 2. The number of piperidine rings is 1. The number of amides is 1. The summed E-state index contributed by atoms with van der Waals surface area (Å²) in [5.41, 5.74) is 0.279. The van der Waals surface area contributed by atoms with Crippen molar-refractivity contribution in [1.82, 2.24) is 19.5 Å². The van der Waals surface area contributed by atoms with Crippen molar-refractivity contribution in [2.75, 3.05) is 18.4 Å². The van der Waals surface area contributed by atoms with Crippen molar-refractivity contribution in [1.29, 1.82) is 0 Å². The van der Waals surface area contributed by atoms with Crippen molar-refractivity contribution in [3.05, 3.63) is 29.0 Å². The summed E-state index contributed by atoms with van der Waals surface area (Å²) in [7, 11) is -3.61. The van der Waals surface area contributed by atoms with Crippen LogP contribution in [-0.2, 0) is 14.8 Å². The van der Waals surface area contributed by atoms with Gasteiger partial charge in [-0.15, -0.1) is 5.10 Å². The number of nitrogens with zero attached hydrogens (tertiary/aromatic N) is 3. The number of rotatable bonds is 7. The first-order valence-corrected chi connectivity index (χ1v) is 12.7. The highest BCUT2D eigenvalue weighted by Gasteiger charge is 2.29. The van der Waals surface area contributed by atoms with Gasteiger partial charge in [-0.25, -0.2) is 13.4 Å². The Morgan fingerprint density at radius 1 is 1.30 bits per heavy atom. The lowest BCUT2D eigenvalue weighted by Crippen LogP contribution is -2.35. The predicted molar refractivity (Wildman–Crippen MR) is 116 cm³/mol. The molecule has 1 aromatic heterocycles. The Bertz CT molecular complexity index is 1030. The summed E-state index contributed by atoms with van der Waals surface area (Å²) in [6.45, 7) is 2.77. The highest BCUT2D eigenvalue weighted by molar-refractivity contribution is 8.00. The molecular weight excluding hydrogens is 446 g/mol. The summed E-state index contributed by atoms with van der Waals surface area (Å²) in [6.07, 6.45) is 4.98. The maximum absolute atomic E-state index is 12.9. The van der Waals surface area contributed by atoms with Gasteiger partial charge in [-0.1, -0.05) is 29.8 Å². The number of aromatic amines is 1. The van der Waals surface area contributed by atoms with Crippen LogP contribution in [0.15, 0.2) is 28.3 Å². The Kier molecular flexibility index (Phi) is 6.38. The zero-order valence-electron chi connectivity index (χ0n) is 16.6. The molecule has 4 rings (SSSR count). The van der Waals surface area contributed by atoms with Crippen LogP contribution in [0.25, 0.3) is 0 Å². The fourth-order valence-corrected chi connectivity index (χ4v) is 5.75. The second-order valence-electron chi connectivity index (χ2n) is 7.63. The molecule has 0 unspecified atom stereocenters. The summed E-state index contributed by atoms with van der Waals surface area (Å²) >= 11 is 7.47. The van der Waals surface area contributed by atoms with E-state index in [9.17, 15) is 13.2 Å². The number of carbonyl (C=O) groups is 1. The molecule has 0 bridgehead atoms. The van der Waals surface area contributed by atoms with Gasteiger partial charge < -0.3 is 5.32 Å². The molecule has 11 heteroatoms. The van der Waals surface area contributed by atoms with Gasteiger partial charge >= 0.3 is 0 Å². The SMILES string of the molecule is C[C@H](Sc1n[nH]c(C2CC2)n1)C(=O)Nc1cc(S(=O)(=O)N2CCCCC2)ccc1Cl. The summed E-state index contributed by atoms with van der Waals surface area (Å²) in [5.74, 6) is 1.02. The zero-order valence-corrected chi connectivity index (χ0v) is 19.0. The van der Waals surface area contributed by atoms with Gasteiger partial charge in [0.1, 0.15) is 5.82 Å². The number of anilines is 1. The van der Waals surface area contributed by atoms with Gasteiger partial charge in [0.05, 0.1) is 20.9 Å². The topological polar surface area (TPSA) is 108 Å². The third-order valence-corrected chi connectivity index (χ3v) is 8.43. The molecule has 0 radical (unpaired) electrons. The molecule has 8 nitrogen and oxygen atoms in total. The molecule has 1 amide bonds. The number of hydrogen-bond donors (Lipinski definition) is 2. The van der Waals surface area contributed by atoms with E-state index in [-0.39, 0.29) is 21.5 Å². The smallest absolute Gasteiger partial charge is 0.243 e. The molecule has 2 heterocycles. The zero-order chi connectivity index (χ0) is 21.3. The van der Waals surface area contributed by atoms with Crippen molar-refractivity contribution in [3.63, 3.8) is 0 Å². The van der Waals surface area contributed by atoms with E-state index in [1.54, 1.807) is 6.92 Å². The van der Waals surface area contributed by atoms with Crippen molar-refractivity contribution in [2.45, 2.75) is 60.2 Å². The number of aromatic nitrogens is 3. The lowest BCUT2D eigenvalue weighted by atomic mass is 10.2. The van der Waals surface area contributed by atoms with Crippen molar-refractivity contribution < 1.29 is 13.2 Å². The van der Waals surface area contributed by atoms with E-state index in [0.717, 1.165) is 37.9 Å². The van der Waals surface area contributed by atoms with E-state index >= 15 is 0 Å². The Morgan fingerprint density at radius 3 is 2.73 bits per heavy atom. The van der Waals surface area contributed by atoms with Gasteiger partial charge in [-0.3, -0.25) is 9.89 Å². The molecular formula is C19H24ClN5O3S2. The Balaban J connectivity index is 1.45. The highest BCUT2D eigenvalue weighted by atomic mass is 35.5. The second-order valence-corrected chi connectivity index (χ2v) is 11.3. The van der Waals surface area contributed by atoms with Gasteiger partial charge in [0, 0.05) is 19.0 Å². The molecule has 2 N–H and O–H groups in total. The van der Waals surface area contributed by atoms with Gasteiger partial charge in [0.15, 0.2) is 0 Å². The van der Waals surface area contributed by atoms with E-state index in [1.807, 2.05) is 0 Å². The third-order valence-electron chi connectivity index (χ3n) is 5.25. The van der Waals surface area contributed by atoms with E-state index in [1.165, 1.54) is 34.3 Å². The standard InChI is InChI=1S/C19H24ClN5O3S2/c1-12(29-19-22-17(23-24-19)13-5-6-13)18(26)21-16-11-14(7-8-15(16)20)30(27,28)25-9-3-2-4-10-25/h7-8,11-13H,2-6,9-10H2,1H3,(H,21,26)(H,22,23,24)/t12-/m0/s1. The first-order valence-electron chi connectivity index (χ1n) is 10.0. The Hall–Kier alpha value is -1.62. The van der Waals surface area contributed by atoms with E-state index in [0.29, 0.717) is 24.2 Å². The molecule has 30 heavy (non-hydrogen) atoms. The molecule has 1 aromatic carbocycles. The molecule has 1 aliphatic carbocycles. The van der Waals surface area contributed by atoms with Crippen molar-refractivity contribution in [2.24, 2.45) is 0 Å². The van der Waals surface area contributed by atoms with Crippen LogP contribution in [0.1, 0.15) is 50.8 Å². The lowest BCUT2D eigenvalue weighted by Gasteiger charge is -2.26. The summed E-state index contributed by atoms with van der Waals surface area (Å²) in [4.78, 5) is 17.2. The van der Waals surface area contributed by atoms with Crippen LogP contribution in [0.5, 0.6) is 0 Å². The van der Waals surface area contributed by atoms with Crippen LogP contribution in [0.3, 0.4) is 0 Å². The monoisotopic (exact) mass is 469 g/mol. The summed E-state index contributed by atoms with van der Waals surface area (Å²) in [5, 5.41) is 10.2. The van der Waals surface area contributed by atoms with Crippen LogP contribution >= 0.6 is 23.4 Å². The second kappa shape index (κ2) is 8.86. The maximum Gasteiger partial charge on any atom is 0.243 e. The molecule has 162 valence electrons. The number of H-pyrrole nitrogens is 1. The van der Waals surface area contributed by atoms with E-state index < -0.39 is 15.3 Å². The minimum absolute atomic E-state index is 0.132. The van der Waals surface area contributed by atoms with E-state index in [2.05, 4.69) is 20.5 Å². The molecule has 1 saturated heterocycles. The van der Waals surface area contributed by atoms with Crippen molar-refractivity contribution in [3.8, 4) is 0 Å². The Labute approximate surface area is 185 Å². The fraction of sp³-hybridized carbons (Fsp3) is 0.526. The number of benzene rings is 1. The van der Waals surface area contributed by atoms with Crippen molar-refractivity contribution >= 4 is 45.0 Å². The van der Waals surface area contributed by atoms with Gasteiger partial charge in [0.2, 0.25) is 21.1 Å². The fourth-order valence-electron chi connectivity index (χ4n) is 3.31. The maximum atomic E-state index is 12.9. The quantitative estimate of drug-likeness (QED) is 0.599. The van der Waals surface area contributed by atoms with E-state index in [4.69, 9.17) is 11.6 Å². The predicted octanol–water partition coefficient (Wildman–Crippen LogP) is 3.63. The van der Waals surface area contributed by atoms with Gasteiger partial charge in [-0.2, -0.15) is 4.31 Å². The molecule has 1 aliphatic heterocycles. The van der Waals surface area contributed by atoms with Crippen LogP contribution < -0.4 is 5.32 Å². The molecule has 1 atom stereocenters. The number of sulfonamides is 1. The molecule has 0 spiro atoms. The average molecular weight is 470 g/mol. The van der Waals surface area contributed by atoms with Crippen LogP contribution in [0.4, 0.5) is 5.69 Å². The molecule has 2 fully saturated rings. The first-order chi connectivity index (χ1) is 14.3. The largest absolute Gasteiger partial charge is 0.324 e. The number of carbonyl (C=O) groups excluding carboxylic acids is 1. The highest BCUT2D eigenvalue weighted by Crippen LogP contribution is 2.38. The van der Waals surface area contributed by atoms with Crippen LogP contribution in [-0.4, -0.2) is 52.2 Å². The first kappa shape index (κ1) is 21.6. The normalized spacial score (nSPS) is 18.9. The molecule has 1 saturated carbocycles.